The molecule has 6 nitrogen and oxygen atoms in total. The van der Waals surface area contributed by atoms with Gasteiger partial charge in [0, 0.05) is 11.0 Å². The summed E-state index contributed by atoms with van der Waals surface area (Å²) in [5.41, 5.74) is -0.144. The van der Waals surface area contributed by atoms with E-state index in [9.17, 15) is 14.9 Å². The number of nitriles is 1. The van der Waals surface area contributed by atoms with Gasteiger partial charge in [0.25, 0.3) is 5.69 Å². The van der Waals surface area contributed by atoms with E-state index in [1.54, 1.807) is 6.07 Å². The summed E-state index contributed by atoms with van der Waals surface area (Å²) >= 11 is 1.24. The minimum atomic E-state index is -0.917. The zero-order chi connectivity index (χ0) is 16.8. The molecule has 116 valence electrons. The third kappa shape index (κ3) is 4.31. The molecule has 0 aromatic heterocycles. The largest absolute Gasteiger partial charge is 0.444 e. The summed E-state index contributed by atoms with van der Waals surface area (Å²) in [5, 5.41) is 19.9. The molecule has 0 bridgehead atoms. The minimum absolute atomic E-state index is 0.0382. The topological polar surface area (TPSA) is 93.2 Å². The first kappa shape index (κ1) is 16.5. The summed E-state index contributed by atoms with van der Waals surface area (Å²) in [6.07, 6.45) is -0.917. The normalized spacial score (nSPS) is 11.3. The fourth-order valence-corrected chi connectivity index (χ4v) is 2.67. The Morgan fingerprint density at radius 2 is 2.00 bits per heavy atom. The number of benzene rings is 2. The first-order valence-electron chi connectivity index (χ1n) is 6.63. The molecule has 2 aromatic carbocycles. The van der Waals surface area contributed by atoms with Crippen LogP contribution < -0.4 is 0 Å². The summed E-state index contributed by atoms with van der Waals surface area (Å²) in [5.74, 6) is -0.765. The van der Waals surface area contributed by atoms with E-state index in [-0.39, 0.29) is 11.3 Å². The van der Waals surface area contributed by atoms with E-state index in [4.69, 9.17) is 10.00 Å². The molecule has 0 fully saturated rings. The number of nitro groups is 1. The molecule has 7 heteroatoms. The van der Waals surface area contributed by atoms with Gasteiger partial charge in [0.1, 0.15) is 6.07 Å². The maximum atomic E-state index is 11.9. The van der Waals surface area contributed by atoms with Crippen molar-refractivity contribution in [1.29, 1.82) is 5.26 Å². The van der Waals surface area contributed by atoms with Crippen LogP contribution in [0.3, 0.4) is 0 Å². The van der Waals surface area contributed by atoms with Crippen LogP contribution in [-0.2, 0) is 4.74 Å². The molecule has 0 radical (unpaired) electrons. The lowest BCUT2D eigenvalue weighted by atomic mass is 10.2. The van der Waals surface area contributed by atoms with Gasteiger partial charge in [-0.1, -0.05) is 30.0 Å². The van der Waals surface area contributed by atoms with Crippen LogP contribution in [0.1, 0.15) is 17.3 Å². The van der Waals surface area contributed by atoms with Crippen LogP contribution in [0.15, 0.2) is 58.3 Å². The van der Waals surface area contributed by atoms with Crippen LogP contribution in [0.2, 0.25) is 0 Å². The van der Waals surface area contributed by atoms with Crippen molar-refractivity contribution >= 4 is 23.4 Å². The van der Waals surface area contributed by atoms with E-state index < -0.39 is 17.0 Å². The van der Waals surface area contributed by atoms with Gasteiger partial charge in [-0.15, -0.1) is 0 Å². The van der Waals surface area contributed by atoms with Crippen molar-refractivity contribution in [3.63, 3.8) is 0 Å². The molecule has 0 saturated carbocycles. The molecule has 0 aliphatic rings. The lowest BCUT2D eigenvalue weighted by Crippen LogP contribution is -2.13. The average Bonchev–Trinajstić information content (AvgIpc) is 2.55. The van der Waals surface area contributed by atoms with Gasteiger partial charge in [0.2, 0.25) is 0 Å². The van der Waals surface area contributed by atoms with Gasteiger partial charge >= 0.3 is 5.97 Å². The fraction of sp³-hybridized carbons (Fsp3) is 0.125. The molecule has 1 atom stereocenters. The second-order valence-corrected chi connectivity index (χ2v) is 5.65. The van der Waals surface area contributed by atoms with E-state index in [2.05, 4.69) is 0 Å². The predicted octanol–water partition coefficient (Wildman–Crippen LogP) is 3.81. The predicted molar refractivity (Wildman–Crippen MR) is 84.2 cm³/mol. The van der Waals surface area contributed by atoms with Gasteiger partial charge in [-0.05, 0) is 31.2 Å². The number of carbonyl (C=O) groups excluding carboxylic acids is 1. The Hall–Kier alpha value is -2.85. The molecule has 23 heavy (non-hydrogen) atoms. The zero-order valence-electron chi connectivity index (χ0n) is 12.1. The Morgan fingerprint density at radius 3 is 2.61 bits per heavy atom. The van der Waals surface area contributed by atoms with Crippen LogP contribution in [0.5, 0.6) is 0 Å². The molecule has 0 saturated heterocycles. The summed E-state index contributed by atoms with van der Waals surface area (Å²) in [6, 6.07) is 15.1. The molecule has 0 amide bonds. The van der Waals surface area contributed by atoms with Gasteiger partial charge < -0.3 is 4.74 Å². The van der Waals surface area contributed by atoms with Gasteiger partial charge in [-0.3, -0.25) is 10.1 Å². The van der Waals surface area contributed by atoms with E-state index in [0.29, 0.717) is 4.90 Å². The SMILES string of the molecule is C[C@H](C#N)OC(=O)c1ccc(Sc2ccccc2)c([N+](=O)[O-])c1. The Morgan fingerprint density at radius 1 is 1.30 bits per heavy atom. The van der Waals surface area contributed by atoms with Gasteiger partial charge in [0.15, 0.2) is 6.10 Å². The van der Waals surface area contributed by atoms with Crippen LogP contribution in [0.4, 0.5) is 5.69 Å². The second kappa shape index (κ2) is 7.42. The number of esters is 1. The quantitative estimate of drug-likeness (QED) is 0.470. The molecule has 0 spiro atoms. The monoisotopic (exact) mass is 328 g/mol. The summed E-state index contributed by atoms with van der Waals surface area (Å²) in [6.45, 7) is 1.42. The van der Waals surface area contributed by atoms with Gasteiger partial charge in [-0.2, -0.15) is 5.26 Å². The van der Waals surface area contributed by atoms with Crippen LogP contribution in [-0.4, -0.2) is 17.0 Å². The molecular weight excluding hydrogens is 316 g/mol. The smallest absolute Gasteiger partial charge is 0.339 e. The maximum absolute atomic E-state index is 11.9. The second-order valence-electron chi connectivity index (χ2n) is 4.53. The Kier molecular flexibility index (Phi) is 5.33. The minimum Gasteiger partial charge on any atom is -0.444 e. The molecule has 2 rings (SSSR count). The molecule has 0 heterocycles. The highest BCUT2D eigenvalue weighted by Gasteiger charge is 2.20. The number of hydrogen-bond acceptors (Lipinski definition) is 6. The Labute approximate surface area is 136 Å². The van der Waals surface area contributed by atoms with E-state index in [1.165, 1.54) is 30.8 Å². The number of nitrogens with zero attached hydrogens (tertiary/aromatic N) is 2. The van der Waals surface area contributed by atoms with Crippen molar-refractivity contribution in [1.82, 2.24) is 0 Å². The van der Waals surface area contributed by atoms with Crippen molar-refractivity contribution in [2.45, 2.75) is 22.8 Å². The maximum Gasteiger partial charge on any atom is 0.339 e. The zero-order valence-corrected chi connectivity index (χ0v) is 12.9. The average molecular weight is 328 g/mol. The van der Waals surface area contributed by atoms with Gasteiger partial charge in [-0.25, -0.2) is 4.79 Å². The summed E-state index contributed by atoms with van der Waals surface area (Å²) < 4.78 is 4.85. The van der Waals surface area contributed by atoms with Crippen molar-refractivity contribution in [2.24, 2.45) is 0 Å². The van der Waals surface area contributed by atoms with Crippen molar-refractivity contribution < 1.29 is 14.5 Å². The Balaban J connectivity index is 2.30. The van der Waals surface area contributed by atoms with E-state index in [0.717, 1.165) is 11.0 Å². The van der Waals surface area contributed by atoms with E-state index >= 15 is 0 Å². The van der Waals surface area contributed by atoms with Crippen molar-refractivity contribution in [3.8, 4) is 6.07 Å². The highest BCUT2D eigenvalue weighted by atomic mass is 32.2. The summed E-state index contributed by atoms with van der Waals surface area (Å²) in [4.78, 5) is 23.8. The standard InChI is InChI=1S/C16H12N2O4S/c1-11(10-17)22-16(19)12-7-8-15(14(9-12)18(20)21)23-13-5-3-2-4-6-13/h2-9,11H,1H3/t11-/m1/s1. The van der Waals surface area contributed by atoms with Crippen molar-refractivity contribution in [2.75, 3.05) is 0 Å². The fourth-order valence-electron chi connectivity index (χ4n) is 1.74. The highest BCUT2D eigenvalue weighted by molar-refractivity contribution is 7.99. The Bertz CT molecular complexity index is 771. The molecule has 0 aliphatic carbocycles. The number of rotatable bonds is 5. The molecule has 0 aliphatic heterocycles. The number of ether oxygens (including phenoxy) is 1. The molecule has 0 unspecified atom stereocenters. The van der Waals surface area contributed by atoms with Crippen LogP contribution in [0.25, 0.3) is 0 Å². The van der Waals surface area contributed by atoms with E-state index in [1.807, 2.05) is 30.3 Å². The number of hydrogen-bond donors (Lipinski definition) is 0. The lowest BCUT2D eigenvalue weighted by Gasteiger charge is -2.07. The molecular formula is C16H12N2O4S. The third-order valence-electron chi connectivity index (χ3n) is 2.83. The molecule has 0 N–H and O–H groups in total. The first-order valence-corrected chi connectivity index (χ1v) is 7.45. The van der Waals surface area contributed by atoms with Crippen LogP contribution >= 0.6 is 11.8 Å². The van der Waals surface area contributed by atoms with Crippen LogP contribution in [0, 0.1) is 21.4 Å². The number of nitro benzene ring substituents is 1. The highest BCUT2D eigenvalue weighted by Crippen LogP contribution is 2.35. The van der Waals surface area contributed by atoms with Crippen molar-refractivity contribution in [3.05, 3.63) is 64.2 Å². The first-order chi connectivity index (χ1) is 11.0. The number of carbonyl (C=O) groups is 1. The lowest BCUT2D eigenvalue weighted by molar-refractivity contribution is -0.387. The molecule has 2 aromatic rings. The summed E-state index contributed by atoms with van der Waals surface area (Å²) in [7, 11) is 0. The third-order valence-corrected chi connectivity index (χ3v) is 3.90. The van der Waals surface area contributed by atoms with Gasteiger partial charge in [0.05, 0.1) is 15.4 Å².